The summed E-state index contributed by atoms with van der Waals surface area (Å²) in [5, 5.41) is 7.55. The largest absolute Gasteiger partial charge is 0.396 e. The van der Waals surface area contributed by atoms with Gasteiger partial charge in [-0.05, 0) is 12.5 Å². The molecule has 1 heterocycles. The number of hydrogen-bond donors (Lipinski definition) is 1. The molecule has 0 saturated heterocycles. The Hall–Kier alpha value is -1.71. The summed E-state index contributed by atoms with van der Waals surface area (Å²) < 4.78 is 0. The molecule has 13 heavy (non-hydrogen) atoms. The predicted octanol–water partition coefficient (Wildman–Crippen LogP) is 1.81. The summed E-state index contributed by atoms with van der Waals surface area (Å²) in [6.45, 7) is 5.61. The van der Waals surface area contributed by atoms with Gasteiger partial charge in [-0.1, -0.05) is 13.5 Å². The maximum absolute atomic E-state index is 5.67. The molecular formula is C9H12N4. The Bertz CT molecular complexity index is 330. The highest BCUT2D eigenvalue weighted by Gasteiger charge is 2.02. The van der Waals surface area contributed by atoms with Crippen molar-refractivity contribution in [2.24, 2.45) is 4.99 Å². The molecule has 68 valence electrons. The Morgan fingerprint density at radius 1 is 1.69 bits per heavy atom. The van der Waals surface area contributed by atoms with Crippen molar-refractivity contribution in [1.29, 1.82) is 0 Å². The van der Waals surface area contributed by atoms with Gasteiger partial charge in [0.1, 0.15) is 11.4 Å². The summed E-state index contributed by atoms with van der Waals surface area (Å²) in [6, 6.07) is 0. The molecule has 0 unspecified atom stereocenters. The number of rotatable bonds is 3. The first-order valence-electron chi connectivity index (χ1n) is 4.05. The van der Waals surface area contributed by atoms with E-state index in [1.807, 2.05) is 6.92 Å². The molecule has 4 heteroatoms. The van der Waals surface area contributed by atoms with Gasteiger partial charge in [-0.2, -0.15) is 5.10 Å². The third-order valence-electron chi connectivity index (χ3n) is 1.47. The van der Waals surface area contributed by atoms with E-state index in [0.717, 1.165) is 6.42 Å². The molecule has 1 aromatic heterocycles. The Morgan fingerprint density at radius 2 is 2.46 bits per heavy atom. The molecule has 0 aromatic carbocycles. The second kappa shape index (κ2) is 4.35. The van der Waals surface area contributed by atoms with Gasteiger partial charge < -0.3 is 5.73 Å². The van der Waals surface area contributed by atoms with Gasteiger partial charge in [-0.3, -0.25) is 4.99 Å². The van der Waals surface area contributed by atoms with E-state index in [0.29, 0.717) is 17.1 Å². The lowest BCUT2D eigenvalue weighted by Crippen LogP contribution is -1.93. The third-order valence-corrected chi connectivity index (χ3v) is 1.47. The topological polar surface area (TPSA) is 64.2 Å². The molecule has 0 atom stereocenters. The van der Waals surface area contributed by atoms with Crippen LogP contribution in [0.5, 0.6) is 0 Å². The van der Waals surface area contributed by atoms with Gasteiger partial charge in [0.25, 0.3) is 0 Å². The Kier molecular flexibility index (Phi) is 3.14. The Morgan fingerprint density at radius 3 is 3.08 bits per heavy atom. The van der Waals surface area contributed by atoms with E-state index in [2.05, 4.69) is 21.8 Å². The average Bonchev–Trinajstić information content (AvgIpc) is 2.15. The fourth-order valence-corrected chi connectivity index (χ4v) is 0.870. The van der Waals surface area contributed by atoms with E-state index >= 15 is 0 Å². The van der Waals surface area contributed by atoms with Crippen molar-refractivity contribution < 1.29 is 0 Å². The lowest BCUT2D eigenvalue weighted by Gasteiger charge is -2.00. The number of nitrogens with zero attached hydrogens (tertiary/aromatic N) is 3. The molecule has 0 amide bonds. The van der Waals surface area contributed by atoms with Crippen molar-refractivity contribution in [3.63, 3.8) is 0 Å². The van der Waals surface area contributed by atoms with E-state index in [4.69, 9.17) is 5.73 Å². The highest BCUT2D eigenvalue weighted by molar-refractivity contribution is 5.76. The van der Waals surface area contributed by atoms with E-state index in [1.54, 1.807) is 12.3 Å². The molecule has 0 aliphatic carbocycles. The number of nitrogens with two attached hydrogens (primary N) is 1. The number of anilines is 1. The fraction of sp³-hybridized carbons (Fsp3) is 0.222. The zero-order chi connectivity index (χ0) is 9.68. The van der Waals surface area contributed by atoms with Gasteiger partial charge in [0.05, 0.1) is 11.9 Å². The summed E-state index contributed by atoms with van der Waals surface area (Å²) in [6.07, 6.45) is 5.71. The lowest BCUT2D eigenvalue weighted by atomic mass is 10.3. The van der Waals surface area contributed by atoms with Gasteiger partial charge in [-0.15, -0.1) is 5.10 Å². The van der Waals surface area contributed by atoms with Gasteiger partial charge in [0, 0.05) is 6.21 Å². The van der Waals surface area contributed by atoms with Crippen LogP contribution in [0.4, 0.5) is 11.4 Å². The molecule has 0 saturated carbocycles. The van der Waals surface area contributed by atoms with Crippen molar-refractivity contribution in [3.8, 4) is 0 Å². The third kappa shape index (κ3) is 2.11. The van der Waals surface area contributed by atoms with Crippen LogP contribution in [0.15, 0.2) is 17.8 Å². The van der Waals surface area contributed by atoms with Crippen molar-refractivity contribution in [2.45, 2.75) is 13.3 Å². The molecule has 0 aliphatic rings. The molecule has 0 radical (unpaired) electrons. The van der Waals surface area contributed by atoms with Crippen LogP contribution in [0.3, 0.4) is 0 Å². The van der Waals surface area contributed by atoms with Gasteiger partial charge in [0.15, 0.2) is 0 Å². The zero-order valence-electron chi connectivity index (χ0n) is 7.57. The quantitative estimate of drug-likeness (QED) is 0.714. The minimum Gasteiger partial charge on any atom is -0.396 e. The molecular weight excluding hydrogens is 164 g/mol. The van der Waals surface area contributed by atoms with E-state index in [1.165, 1.54) is 6.20 Å². The molecule has 2 N–H and O–H groups in total. The molecule has 1 rings (SSSR count). The molecule has 0 fully saturated rings. The van der Waals surface area contributed by atoms with Crippen LogP contribution in [0.1, 0.15) is 19.0 Å². The predicted molar refractivity (Wildman–Crippen MR) is 55.0 cm³/mol. The minimum atomic E-state index is 0.523. The van der Waals surface area contributed by atoms with Crippen LogP contribution in [-0.2, 0) is 0 Å². The maximum Gasteiger partial charge on any atom is 0.115 e. The number of nitrogen functional groups attached to an aromatic ring is 1. The molecule has 0 aliphatic heterocycles. The van der Waals surface area contributed by atoms with Crippen LogP contribution >= 0.6 is 0 Å². The fourth-order valence-electron chi connectivity index (χ4n) is 0.870. The van der Waals surface area contributed by atoms with Crippen molar-refractivity contribution in [3.05, 3.63) is 18.5 Å². The summed E-state index contributed by atoms with van der Waals surface area (Å²) in [5.41, 5.74) is 7.46. The smallest absolute Gasteiger partial charge is 0.115 e. The summed E-state index contributed by atoms with van der Waals surface area (Å²) in [4.78, 5) is 4.17. The van der Waals surface area contributed by atoms with Crippen LogP contribution < -0.4 is 5.73 Å². The number of aromatic nitrogens is 2. The van der Waals surface area contributed by atoms with Gasteiger partial charge in [-0.25, -0.2) is 0 Å². The van der Waals surface area contributed by atoms with E-state index in [-0.39, 0.29) is 0 Å². The SMILES string of the molecule is C=Cc1nncc(N)c1/N=C\CC. The molecule has 4 nitrogen and oxygen atoms in total. The average molecular weight is 176 g/mol. The van der Waals surface area contributed by atoms with Crippen LogP contribution in [0.2, 0.25) is 0 Å². The van der Waals surface area contributed by atoms with Gasteiger partial charge in [0.2, 0.25) is 0 Å². The standard InChI is InChI=1S/C9H12N4/c1-3-5-11-9-7(10)6-12-13-8(9)4-2/h4-6H,2-3H2,1H3,(H2,10,13)/b11-5-. The summed E-state index contributed by atoms with van der Waals surface area (Å²) in [7, 11) is 0. The normalized spacial score (nSPS) is 10.5. The highest BCUT2D eigenvalue weighted by atomic mass is 15.1. The van der Waals surface area contributed by atoms with Crippen molar-refractivity contribution >= 4 is 23.7 Å². The molecule has 0 bridgehead atoms. The first-order valence-corrected chi connectivity index (χ1v) is 4.05. The summed E-state index contributed by atoms with van der Waals surface area (Å²) in [5.74, 6) is 0. The van der Waals surface area contributed by atoms with Crippen molar-refractivity contribution in [1.82, 2.24) is 10.2 Å². The first kappa shape index (κ1) is 9.38. The second-order valence-electron chi connectivity index (χ2n) is 2.46. The minimum absolute atomic E-state index is 0.523. The van der Waals surface area contributed by atoms with Crippen LogP contribution in [0, 0.1) is 0 Å². The van der Waals surface area contributed by atoms with Crippen molar-refractivity contribution in [2.75, 3.05) is 5.73 Å². The van der Waals surface area contributed by atoms with E-state index < -0.39 is 0 Å². The lowest BCUT2D eigenvalue weighted by molar-refractivity contribution is 1.02. The molecule has 1 aromatic rings. The van der Waals surface area contributed by atoms with E-state index in [9.17, 15) is 0 Å². The zero-order valence-corrected chi connectivity index (χ0v) is 7.57. The maximum atomic E-state index is 5.67. The number of hydrogen-bond acceptors (Lipinski definition) is 4. The van der Waals surface area contributed by atoms with Crippen LogP contribution in [0.25, 0.3) is 6.08 Å². The Labute approximate surface area is 77.2 Å². The van der Waals surface area contributed by atoms with Gasteiger partial charge >= 0.3 is 0 Å². The Balaban J connectivity index is 3.14. The van der Waals surface area contributed by atoms with Crippen LogP contribution in [-0.4, -0.2) is 16.4 Å². The highest BCUT2D eigenvalue weighted by Crippen LogP contribution is 2.23. The number of aliphatic imine (C=N–C) groups is 1. The first-order chi connectivity index (χ1) is 6.29. The monoisotopic (exact) mass is 176 g/mol. The summed E-state index contributed by atoms with van der Waals surface area (Å²) >= 11 is 0. The molecule has 0 spiro atoms. The second-order valence-corrected chi connectivity index (χ2v) is 2.46.